The van der Waals surface area contributed by atoms with Gasteiger partial charge in [-0.15, -0.1) is 0 Å². The number of aryl methyl sites for hydroxylation is 2. The van der Waals surface area contributed by atoms with Crippen molar-refractivity contribution in [3.05, 3.63) is 52.7 Å². The molecule has 0 saturated heterocycles. The third-order valence-electron chi connectivity index (χ3n) is 4.09. The van der Waals surface area contributed by atoms with Crippen molar-refractivity contribution in [2.45, 2.75) is 45.8 Å². The molecule has 2 aromatic rings. The fraction of sp³-hybridized carbons (Fsp3) is 0.412. The Balaban J connectivity index is 1.65. The topological polar surface area (TPSA) is 58.4 Å². The van der Waals surface area contributed by atoms with Gasteiger partial charge in [0.25, 0.3) is 0 Å². The average Bonchev–Trinajstić information content (AvgIpc) is 3.30. The summed E-state index contributed by atoms with van der Waals surface area (Å²) in [6.45, 7) is 4.47. The molecule has 2 amide bonds. The molecule has 1 aliphatic rings. The Labute approximate surface area is 134 Å². The lowest BCUT2D eigenvalue weighted by atomic mass is 10.2. The van der Waals surface area contributed by atoms with Crippen molar-refractivity contribution in [2.24, 2.45) is 0 Å². The van der Waals surface area contributed by atoms with Gasteiger partial charge in [0.05, 0.1) is 5.69 Å². The van der Waals surface area contributed by atoms with Crippen LogP contribution in [0.3, 0.4) is 0 Å². The van der Waals surface area contributed by atoms with Gasteiger partial charge in [0, 0.05) is 24.7 Å². The van der Waals surface area contributed by atoms with Gasteiger partial charge in [0.2, 0.25) is 0 Å². The van der Waals surface area contributed by atoms with Gasteiger partial charge in [-0.2, -0.15) is 0 Å². The molecule has 1 heterocycles. The van der Waals surface area contributed by atoms with Gasteiger partial charge in [0.15, 0.2) is 0 Å². The van der Waals surface area contributed by atoms with Gasteiger partial charge >= 0.3 is 6.03 Å². The van der Waals surface area contributed by atoms with Crippen LogP contribution in [0.4, 0.5) is 9.18 Å². The molecule has 122 valence electrons. The summed E-state index contributed by atoms with van der Waals surface area (Å²) in [4.78, 5) is 14.3. The van der Waals surface area contributed by atoms with Gasteiger partial charge < -0.3 is 14.7 Å². The van der Waals surface area contributed by atoms with Crippen molar-refractivity contribution in [3.63, 3.8) is 0 Å². The lowest BCUT2D eigenvalue weighted by molar-refractivity contribution is 0.191. The van der Waals surface area contributed by atoms with Gasteiger partial charge in [-0.3, -0.25) is 0 Å². The molecule has 1 fully saturated rings. The number of halogens is 1. The van der Waals surface area contributed by atoms with E-state index < -0.39 is 0 Å². The number of urea groups is 1. The molecule has 0 bridgehead atoms. The van der Waals surface area contributed by atoms with Gasteiger partial charge in [-0.1, -0.05) is 17.3 Å². The van der Waals surface area contributed by atoms with Gasteiger partial charge in [0.1, 0.15) is 11.6 Å². The molecule has 1 N–H and O–H groups in total. The van der Waals surface area contributed by atoms with E-state index in [0.29, 0.717) is 18.8 Å². The van der Waals surface area contributed by atoms with E-state index >= 15 is 0 Å². The molecule has 1 aliphatic carbocycles. The van der Waals surface area contributed by atoms with E-state index in [9.17, 15) is 9.18 Å². The van der Waals surface area contributed by atoms with Crippen LogP contribution in [0.15, 0.2) is 28.8 Å². The molecular formula is C17H20FN3O2. The number of amides is 2. The highest BCUT2D eigenvalue weighted by Crippen LogP contribution is 2.28. The number of aromatic nitrogens is 1. The maximum Gasteiger partial charge on any atom is 0.318 e. The lowest BCUT2D eigenvalue weighted by Gasteiger charge is -2.23. The summed E-state index contributed by atoms with van der Waals surface area (Å²) in [6, 6.07) is 6.47. The third-order valence-corrected chi connectivity index (χ3v) is 4.09. The zero-order valence-electron chi connectivity index (χ0n) is 13.3. The first-order chi connectivity index (χ1) is 11.0. The summed E-state index contributed by atoms with van der Waals surface area (Å²) in [5, 5.41) is 6.80. The van der Waals surface area contributed by atoms with E-state index in [4.69, 9.17) is 4.52 Å². The molecule has 3 rings (SSSR count). The summed E-state index contributed by atoms with van der Waals surface area (Å²) in [7, 11) is 0. The molecule has 0 atom stereocenters. The molecule has 0 radical (unpaired) electrons. The number of rotatable bonds is 5. The summed E-state index contributed by atoms with van der Waals surface area (Å²) in [5.74, 6) is 0.431. The first-order valence-corrected chi connectivity index (χ1v) is 7.75. The lowest BCUT2D eigenvalue weighted by Crippen LogP contribution is -2.40. The minimum atomic E-state index is -0.283. The quantitative estimate of drug-likeness (QED) is 0.920. The van der Waals surface area contributed by atoms with Crippen LogP contribution in [0.2, 0.25) is 0 Å². The van der Waals surface area contributed by atoms with Crippen LogP contribution in [-0.2, 0) is 13.1 Å². The predicted molar refractivity (Wildman–Crippen MR) is 83.2 cm³/mol. The van der Waals surface area contributed by atoms with Crippen LogP contribution < -0.4 is 5.32 Å². The smallest absolute Gasteiger partial charge is 0.318 e. The molecule has 0 spiro atoms. The van der Waals surface area contributed by atoms with Crippen molar-refractivity contribution in [1.29, 1.82) is 0 Å². The Morgan fingerprint density at radius 3 is 2.83 bits per heavy atom. The average molecular weight is 317 g/mol. The summed E-state index contributed by atoms with van der Waals surface area (Å²) >= 11 is 0. The number of nitrogens with one attached hydrogen (secondary N) is 1. The molecule has 23 heavy (non-hydrogen) atoms. The van der Waals surface area contributed by atoms with Crippen molar-refractivity contribution >= 4 is 6.03 Å². The number of benzene rings is 1. The summed E-state index contributed by atoms with van der Waals surface area (Å²) in [5.41, 5.74) is 2.48. The Kier molecular flexibility index (Phi) is 4.32. The second-order valence-corrected chi connectivity index (χ2v) is 5.95. The molecule has 6 heteroatoms. The zero-order valence-corrected chi connectivity index (χ0v) is 13.3. The van der Waals surface area contributed by atoms with Crippen LogP contribution in [-0.4, -0.2) is 22.1 Å². The molecular weight excluding hydrogens is 297 g/mol. The summed E-state index contributed by atoms with van der Waals surface area (Å²) in [6.07, 6.45) is 1.99. The fourth-order valence-corrected chi connectivity index (χ4v) is 2.60. The molecule has 0 aliphatic heterocycles. The van der Waals surface area contributed by atoms with Crippen molar-refractivity contribution in [2.75, 3.05) is 0 Å². The zero-order chi connectivity index (χ0) is 16.4. The van der Waals surface area contributed by atoms with E-state index in [-0.39, 0.29) is 17.9 Å². The number of carbonyl (C=O) groups is 1. The Morgan fingerprint density at radius 1 is 1.43 bits per heavy atom. The molecule has 1 aromatic carbocycles. The minimum absolute atomic E-state index is 0.142. The number of carbonyl (C=O) groups excluding carboxylic acids is 1. The van der Waals surface area contributed by atoms with Crippen LogP contribution in [0.5, 0.6) is 0 Å². The highest BCUT2D eigenvalue weighted by atomic mass is 19.1. The Morgan fingerprint density at radius 2 is 2.22 bits per heavy atom. The molecule has 0 unspecified atom stereocenters. The number of hydrogen-bond acceptors (Lipinski definition) is 3. The van der Waals surface area contributed by atoms with Crippen LogP contribution in [0.25, 0.3) is 0 Å². The van der Waals surface area contributed by atoms with Crippen molar-refractivity contribution in [1.82, 2.24) is 15.4 Å². The first kappa shape index (κ1) is 15.5. The normalized spacial score (nSPS) is 13.9. The van der Waals surface area contributed by atoms with E-state index in [0.717, 1.165) is 29.7 Å². The molecule has 1 saturated carbocycles. The fourth-order valence-electron chi connectivity index (χ4n) is 2.60. The minimum Gasteiger partial charge on any atom is -0.361 e. The van der Waals surface area contributed by atoms with Crippen LogP contribution >= 0.6 is 0 Å². The maximum atomic E-state index is 13.3. The monoisotopic (exact) mass is 317 g/mol. The summed E-state index contributed by atoms with van der Waals surface area (Å²) < 4.78 is 18.4. The highest BCUT2D eigenvalue weighted by molar-refractivity contribution is 5.75. The molecule has 5 nitrogen and oxygen atoms in total. The second-order valence-electron chi connectivity index (χ2n) is 5.95. The highest BCUT2D eigenvalue weighted by Gasteiger charge is 2.32. The third kappa shape index (κ3) is 3.70. The van der Waals surface area contributed by atoms with Gasteiger partial charge in [-0.05, 0) is 44.4 Å². The first-order valence-electron chi connectivity index (χ1n) is 7.75. The standard InChI is InChI=1S/C17H20FN3O2/c1-11-16(12(2)23-20-11)9-19-17(22)21(15-6-7-15)10-13-4-3-5-14(18)8-13/h3-5,8,15H,6-7,9-10H2,1-2H3,(H,19,22). The Hall–Kier alpha value is -2.37. The van der Waals surface area contributed by atoms with E-state index in [2.05, 4.69) is 10.5 Å². The molecule has 1 aromatic heterocycles. The number of nitrogens with zero attached hydrogens (tertiary/aromatic N) is 2. The van der Waals surface area contributed by atoms with E-state index in [1.165, 1.54) is 12.1 Å². The van der Waals surface area contributed by atoms with E-state index in [1.807, 2.05) is 19.9 Å². The predicted octanol–water partition coefficient (Wildman–Crippen LogP) is 3.30. The largest absolute Gasteiger partial charge is 0.361 e. The number of hydrogen-bond donors (Lipinski definition) is 1. The maximum absolute atomic E-state index is 13.3. The van der Waals surface area contributed by atoms with Crippen LogP contribution in [0, 0.1) is 19.7 Å². The van der Waals surface area contributed by atoms with Crippen LogP contribution in [0.1, 0.15) is 35.4 Å². The Bertz CT molecular complexity index is 690. The van der Waals surface area contributed by atoms with Crippen molar-refractivity contribution < 1.29 is 13.7 Å². The van der Waals surface area contributed by atoms with E-state index in [1.54, 1.807) is 11.0 Å². The second kappa shape index (κ2) is 6.40. The van der Waals surface area contributed by atoms with Gasteiger partial charge in [-0.25, -0.2) is 9.18 Å². The SMILES string of the molecule is Cc1noc(C)c1CNC(=O)N(Cc1cccc(F)c1)C1CC1. The van der Waals surface area contributed by atoms with Crippen molar-refractivity contribution in [3.8, 4) is 0 Å².